The molecule has 2 N–H and O–H groups in total. The highest BCUT2D eigenvalue weighted by Crippen LogP contribution is 2.44. The fourth-order valence-corrected chi connectivity index (χ4v) is 6.06. The van der Waals surface area contributed by atoms with E-state index in [4.69, 9.17) is 15.2 Å². The molecule has 4 aliphatic rings. The molecule has 3 heterocycles. The van der Waals surface area contributed by atoms with Gasteiger partial charge < -0.3 is 20.1 Å². The first-order chi connectivity index (χ1) is 18.2. The summed E-state index contributed by atoms with van der Waals surface area (Å²) in [5.74, 6) is 0. The Labute approximate surface area is 223 Å². The Kier molecular flexibility index (Phi) is 7.13. The smallest absolute Gasteiger partial charge is 0.200 e. The maximum absolute atomic E-state index is 5.98. The largest absolute Gasteiger partial charge is 0.399 e. The van der Waals surface area contributed by atoms with Crippen molar-refractivity contribution in [3.05, 3.63) is 107 Å². The van der Waals surface area contributed by atoms with Crippen LogP contribution in [0.2, 0.25) is 0 Å². The summed E-state index contributed by atoms with van der Waals surface area (Å²) in [6, 6.07) is 17.1. The van der Waals surface area contributed by atoms with Gasteiger partial charge in [0.15, 0.2) is 18.8 Å². The van der Waals surface area contributed by atoms with Crippen LogP contribution in [0.15, 0.2) is 95.5 Å². The maximum atomic E-state index is 5.98. The number of hydrogen-bond donors (Lipinski definition) is 1. The first kappa shape index (κ1) is 24.0. The predicted octanol–water partition coefficient (Wildman–Crippen LogP) is 5.14. The van der Waals surface area contributed by atoms with Gasteiger partial charge in [-0.2, -0.15) is 0 Å². The Morgan fingerprint density at radius 3 is 2.08 bits per heavy atom. The summed E-state index contributed by atoms with van der Waals surface area (Å²) in [5.41, 5.74) is 14.1. The van der Waals surface area contributed by atoms with Crippen molar-refractivity contribution < 1.29 is 14.0 Å². The quantitative estimate of drug-likeness (QED) is 0.458. The van der Waals surface area contributed by atoms with Gasteiger partial charge in [0.2, 0.25) is 0 Å². The Morgan fingerprint density at radius 1 is 0.730 bits per heavy atom. The molecule has 0 amide bonds. The third kappa shape index (κ3) is 5.52. The zero-order chi connectivity index (χ0) is 25.0. The molecule has 3 aliphatic heterocycles. The summed E-state index contributed by atoms with van der Waals surface area (Å²) < 4.78 is 13.4. The molecule has 6 rings (SSSR count). The molecule has 1 aliphatic carbocycles. The zero-order valence-corrected chi connectivity index (χ0v) is 21.8. The van der Waals surface area contributed by atoms with Crippen molar-refractivity contribution in [3.8, 4) is 0 Å². The van der Waals surface area contributed by atoms with E-state index in [0.29, 0.717) is 0 Å². The number of allylic oxidation sites excluding steroid dienone is 8. The van der Waals surface area contributed by atoms with Crippen LogP contribution in [0, 0.1) is 0 Å². The lowest BCUT2D eigenvalue weighted by atomic mass is 10.0. The molecular formula is C31H32N3O2S+. The Bertz CT molecular complexity index is 1320. The summed E-state index contributed by atoms with van der Waals surface area (Å²) in [4.78, 5) is 4.86. The van der Waals surface area contributed by atoms with E-state index in [2.05, 4.69) is 82.3 Å². The van der Waals surface area contributed by atoms with E-state index in [9.17, 15) is 0 Å². The number of ether oxygens (including phenoxy) is 2. The van der Waals surface area contributed by atoms with Gasteiger partial charge >= 0.3 is 0 Å². The second-order valence-electron chi connectivity index (χ2n) is 9.49. The van der Waals surface area contributed by atoms with E-state index in [1.807, 2.05) is 23.9 Å². The topological polar surface area (TPSA) is 50.7 Å². The number of rotatable bonds is 3. The highest BCUT2D eigenvalue weighted by molar-refractivity contribution is 8.12. The van der Waals surface area contributed by atoms with Crippen molar-refractivity contribution in [1.29, 1.82) is 0 Å². The fourth-order valence-electron chi connectivity index (χ4n) is 4.94. The highest BCUT2D eigenvalue weighted by Gasteiger charge is 2.20. The van der Waals surface area contributed by atoms with Gasteiger partial charge in [-0.25, -0.2) is 4.58 Å². The van der Waals surface area contributed by atoms with Crippen LogP contribution in [0.25, 0.3) is 10.5 Å². The van der Waals surface area contributed by atoms with Gasteiger partial charge in [0.1, 0.15) is 13.2 Å². The summed E-state index contributed by atoms with van der Waals surface area (Å²) in [6.07, 6.45) is 13.6. The average Bonchev–Trinajstić information content (AvgIpc) is 2.98. The van der Waals surface area contributed by atoms with Crippen LogP contribution >= 0.6 is 11.8 Å². The van der Waals surface area contributed by atoms with Crippen molar-refractivity contribution >= 4 is 39.3 Å². The SMILES string of the molecule is Nc1ccc(C2=CC(c3ccc(N4CCOCC4)cc3)=CC(=C3C=CC(=[N+]4CCOCC4)C=C3)S2)cc1. The van der Waals surface area contributed by atoms with Gasteiger partial charge in [0.25, 0.3) is 0 Å². The highest BCUT2D eigenvalue weighted by atomic mass is 32.2. The maximum Gasteiger partial charge on any atom is 0.200 e. The molecule has 0 bridgehead atoms. The summed E-state index contributed by atoms with van der Waals surface area (Å²) in [5, 5.41) is 0. The molecule has 0 atom stereocenters. The second-order valence-corrected chi connectivity index (χ2v) is 10.6. The van der Waals surface area contributed by atoms with Crippen molar-refractivity contribution in [3.63, 3.8) is 0 Å². The lowest BCUT2D eigenvalue weighted by Crippen LogP contribution is -2.36. The van der Waals surface area contributed by atoms with Gasteiger partial charge in [-0.3, -0.25) is 0 Å². The van der Waals surface area contributed by atoms with Crippen LogP contribution in [0.1, 0.15) is 11.1 Å². The molecule has 6 heteroatoms. The third-order valence-electron chi connectivity index (χ3n) is 7.09. The summed E-state index contributed by atoms with van der Waals surface area (Å²) in [7, 11) is 0. The molecule has 2 aromatic carbocycles. The number of thioether (sulfide) groups is 1. The number of nitrogens with two attached hydrogens (primary N) is 1. The van der Waals surface area contributed by atoms with Crippen LogP contribution in [0.3, 0.4) is 0 Å². The molecule has 0 unspecified atom stereocenters. The Balaban J connectivity index is 1.34. The van der Waals surface area contributed by atoms with Gasteiger partial charge in [0, 0.05) is 46.4 Å². The summed E-state index contributed by atoms with van der Waals surface area (Å²) >= 11 is 1.81. The molecule has 2 saturated heterocycles. The number of nitrogens with zero attached hydrogens (tertiary/aromatic N) is 2. The van der Waals surface area contributed by atoms with Crippen LogP contribution in [0.5, 0.6) is 0 Å². The van der Waals surface area contributed by atoms with Gasteiger partial charge in [-0.1, -0.05) is 36.0 Å². The molecule has 5 nitrogen and oxygen atoms in total. The van der Waals surface area contributed by atoms with E-state index in [-0.39, 0.29) is 0 Å². The van der Waals surface area contributed by atoms with E-state index in [0.717, 1.165) is 58.3 Å². The van der Waals surface area contributed by atoms with E-state index < -0.39 is 0 Å². The van der Waals surface area contributed by atoms with Gasteiger partial charge in [-0.15, -0.1) is 0 Å². The number of hydrogen-bond acceptors (Lipinski definition) is 5. The van der Waals surface area contributed by atoms with Crippen molar-refractivity contribution in [2.24, 2.45) is 0 Å². The zero-order valence-electron chi connectivity index (χ0n) is 20.9. The molecule has 0 spiro atoms. The van der Waals surface area contributed by atoms with Crippen LogP contribution in [-0.4, -0.2) is 62.9 Å². The van der Waals surface area contributed by atoms with Crippen LogP contribution in [-0.2, 0) is 9.47 Å². The lowest BCUT2D eigenvalue weighted by molar-refractivity contribution is -0.547. The van der Waals surface area contributed by atoms with E-state index >= 15 is 0 Å². The minimum atomic E-state index is 0.780. The molecular weight excluding hydrogens is 478 g/mol. The molecule has 2 aromatic rings. The first-order valence-corrected chi connectivity index (χ1v) is 13.7. The fraction of sp³-hybridized carbons (Fsp3) is 0.258. The summed E-state index contributed by atoms with van der Waals surface area (Å²) in [6.45, 7) is 6.94. The van der Waals surface area contributed by atoms with E-state index in [1.165, 1.54) is 43.5 Å². The number of nitrogen functional groups attached to an aromatic ring is 1. The Morgan fingerprint density at radius 2 is 1.38 bits per heavy atom. The van der Waals surface area contributed by atoms with Crippen LogP contribution in [0.4, 0.5) is 11.4 Å². The number of benzene rings is 2. The van der Waals surface area contributed by atoms with Gasteiger partial charge in [0.05, 0.1) is 13.2 Å². The van der Waals surface area contributed by atoms with Gasteiger partial charge in [-0.05, 0) is 70.8 Å². The lowest BCUT2D eigenvalue weighted by Gasteiger charge is -2.29. The second kappa shape index (κ2) is 11.0. The standard InChI is InChI=1S/C31H31N3O2S/c32-27-7-1-24(2-8-27)30-21-26(23-3-9-28(10-4-23)33-13-17-35-18-14-33)22-31(37-30)25-5-11-29(12-6-25)34-15-19-36-20-16-34/h1-12,21-22,32H,13-20H2/p+1. The van der Waals surface area contributed by atoms with Crippen molar-refractivity contribution in [2.45, 2.75) is 0 Å². The minimum Gasteiger partial charge on any atom is -0.399 e. The normalized spacial score (nSPS) is 20.3. The molecule has 2 fully saturated rings. The van der Waals surface area contributed by atoms with Crippen molar-refractivity contribution in [2.75, 3.05) is 63.2 Å². The first-order valence-electron chi connectivity index (χ1n) is 12.9. The number of morpholine rings is 2. The average molecular weight is 511 g/mol. The molecule has 0 saturated carbocycles. The monoisotopic (exact) mass is 510 g/mol. The third-order valence-corrected chi connectivity index (χ3v) is 8.24. The number of anilines is 2. The molecule has 188 valence electrons. The Hall–Kier alpha value is -3.32. The molecule has 0 radical (unpaired) electrons. The van der Waals surface area contributed by atoms with Crippen LogP contribution < -0.4 is 10.6 Å². The molecule has 37 heavy (non-hydrogen) atoms. The van der Waals surface area contributed by atoms with E-state index in [1.54, 1.807) is 0 Å². The minimum absolute atomic E-state index is 0.780. The predicted molar refractivity (Wildman–Crippen MR) is 155 cm³/mol. The molecule has 0 aromatic heterocycles. The van der Waals surface area contributed by atoms with Crippen molar-refractivity contribution in [1.82, 2.24) is 0 Å².